The van der Waals surface area contributed by atoms with E-state index in [0.717, 1.165) is 5.76 Å². The SMILES string of the molecule is CC(C)OC(C)(C)c1ccco1. The molecule has 2 nitrogen and oxygen atoms in total. The molecule has 0 aromatic carbocycles. The summed E-state index contributed by atoms with van der Waals surface area (Å²) in [5.41, 5.74) is -0.322. The Morgan fingerprint density at radius 2 is 2.08 bits per heavy atom. The molecular weight excluding hydrogens is 152 g/mol. The largest absolute Gasteiger partial charge is 0.466 e. The minimum absolute atomic E-state index is 0.213. The van der Waals surface area contributed by atoms with Crippen LogP contribution in [0.3, 0.4) is 0 Å². The fourth-order valence-corrected chi connectivity index (χ4v) is 1.27. The molecule has 0 amide bonds. The van der Waals surface area contributed by atoms with E-state index in [-0.39, 0.29) is 11.7 Å². The Morgan fingerprint density at radius 1 is 1.42 bits per heavy atom. The van der Waals surface area contributed by atoms with E-state index in [2.05, 4.69) is 0 Å². The highest BCUT2D eigenvalue weighted by atomic mass is 16.5. The van der Waals surface area contributed by atoms with Gasteiger partial charge >= 0.3 is 0 Å². The summed E-state index contributed by atoms with van der Waals surface area (Å²) in [7, 11) is 0. The average Bonchev–Trinajstić information content (AvgIpc) is 2.32. The summed E-state index contributed by atoms with van der Waals surface area (Å²) in [5, 5.41) is 0. The van der Waals surface area contributed by atoms with Gasteiger partial charge in [0.15, 0.2) is 0 Å². The van der Waals surface area contributed by atoms with Crippen molar-refractivity contribution in [3.8, 4) is 0 Å². The third-order valence-electron chi connectivity index (χ3n) is 1.64. The lowest BCUT2D eigenvalue weighted by Crippen LogP contribution is -2.24. The van der Waals surface area contributed by atoms with Crippen LogP contribution in [0.4, 0.5) is 0 Å². The van der Waals surface area contributed by atoms with Gasteiger partial charge in [-0.3, -0.25) is 0 Å². The lowest BCUT2D eigenvalue weighted by molar-refractivity contribution is -0.0725. The van der Waals surface area contributed by atoms with Crippen LogP contribution in [-0.4, -0.2) is 6.10 Å². The van der Waals surface area contributed by atoms with Gasteiger partial charge in [0.25, 0.3) is 0 Å². The fourth-order valence-electron chi connectivity index (χ4n) is 1.27. The third kappa shape index (κ3) is 2.11. The van der Waals surface area contributed by atoms with Gasteiger partial charge in [-0.05, 0) is 39.8 Å². The van der Waals surface area contributed by atoms with Gasteiger partial charge in [-0.25, -0.2) is 0 Å². The van der Waals surface area contributed by atoms with Crippen molar-refractivity contribution >= 4 is 0 Å². The molecule has 0 aliphatic carbocycles. The molecule has 0 radical (unpaired) electrons. The number of furan rings is 1. The van der Waals surface area contributed by atoms with Crippen LogP contribution in [0, 0.1) is 0 Å². The monoisotopic (exact) mass is 168 g/mol. The first-order valence-electron chi connectivity index (χ1n) is 4.24. The van der Waals surface area contributed by atoms with E-state index in [1.807, 2.05) is 39.8 Å². The normalized spacial score (nSPS) is 12.4. The number of rotatable bonds is 3. The van der Waals surface area contributed by atoms with Crippen LogP contribution in [0.1, 0.15) is 33.5 Å². The van der Waals surface area contributed by atoms with Gasteiger partial charge in [0, 0.05) is 0 Å². The smallest absolute Gasteiger partial charge is 0.135 e. The fraction of sp³-hybridized carbons (Fsp3) is 0.600. The molecule has 0 aliphatic heterocycles. The van der Waals surface area contributed by atoms with E-state index >= 15 is 0 Å². The molecule has 0 bridgehead atoms. The molecule has 68 valence electrons. The molecule has 12 heavy (non-hydrogen) atoms. The van der Waals surface area contributed by atoms with Gasteiger partial charge in [0.1, 0.15) is 11.4 Å². The number of hydrogen-bond acceptors (Lipinski definition) is 2. The van der Waals surface area contributed by atoms with Gasteiger partial charge < -0.3 is 9.15 Å². The highest BCUT2D eigenvalue weighted by Gasteiger charge is 2.25. The minimum Gasteiger partial charge on any atom is -0.466 e. The Kier molecular flexibility index (Phi) is 2.58. The molecule has 0 saturated heterocycles. The number of ether oxygens (including phenoxy) is 1. The molecular formula is C10H16O2. The molecule has 0 fully saturated rings. The lowest BCUT2D eigenvalue weighted by Gasteiger charge is -2.25. The van der Waals surface area contributed by atoms with Crippen molar-refractivity contribution in [1.29, 1.82) is 0 Å². The zero-order valence-corrected chi connectivity index (χ0v) is 8.13. The van der Waals surface area contributed by atoms with Crippen molar-refractivity contribution in [2.24, 2.45) is 0 Å². The first kappa shape index (κ1) is 9.33. The van der Waals surface area contributed by atoms with E-state index in [1.165, 1.54) is 0 Å². The molecule has 1 heterocycles. The van der Waals surface area contributed by atoms with Crippen LogP contribution in [0.5, 0.6) is 0 Å². The van der Waals surface area contributed by atoms with E-state index in [4.69, 9.17) is 9.15 Å². The van der Waals surface area contributed by atoms with Crippen LogP contribution in [0.15, 0.2) is 22.8 Å². The summed E-state index contributed by atoms with van der Waals surface area (Å²) < 4.78 is 11.0. The summed E-state index contributed by atoms with van der Waals surface area (Å²) in [6.07, 6.45) is 1.88. The van der Waals surface area contributed by atoms with Gasteiger partial charge in [0.05, 0.1) is 12.4 Å². The summed E-state index contributed by atoms with van der Waals surface area (Å²) >= 11 is 0. The molecule has 1 aromatic heterocycles. The van der Waals surface area contributed by atoms with E-state index < -0.39 is 0 Å². The Labute approximate surface area is 73.5 Å². The molecule has 0 saturated carbocycles. The molecule has 0 aliphatic rings. The summed E-state index contributed by atoms with van der Waals surface area (Å²) in [4.78, 5) is 0. The van der Waals surface area contributed by atoms with Gasteiger partial charge in [0.2, 0.25) is 0 Å². The zero-order valence-electron chi connectivity index (χ0n) is 8.13. The van der Waals surface area contributed by atoms with Crippen molar-refractivity contribution in [2.75, 3.05) is 0 Å². The Hall–Kier alpha value is -0.760. The molecule has 2 heteroatoms. The average molecular weight is 168 g/mol. The highest BCUT2D eigenvalue weighted by molar-refractivity contribution is 5.06. The Morgan fingerprint density at radius 3 is 2.50 bits per heavy atom. The first-order valence-corrected chi connectivity index (χ1v) is 4.24. The highest BCUT2D eigenvalue weighted by Crippen LogP contribution is 2.26. The van der Waals surface area contributed by atoms with Crippen LogP contribution in [0.25, 0.3) is 0 Å². The summed E-state index contributed by atoms with van der Waals surface area (Å²) in [6, 6.07) is 3.81. The second-order valence-corrected chi connectivity index (χ2v) is 3.65. The summed E-state index contributed by atoms with van der Waals surface area (Å²) in [5.74, 6) is 0.871. The predicted octanol–water partition coefficient (Wildman–Crippen LogP) is 2.94. The van der Waals surface area contributed by atoms with E-state index in [1.54, 1.807) is 6.26 Å². The zero-order chi connectivity index (χ0) is 9.19. The topological polar surface area (TPSA) is 22.4 Å². The van der Waals surface area contributed by atoms with Gasteiger partial charge in [-0.1, -0.05) is 0 Å². The van der Waals surface area contributed by atoms with Crippen LogP contribution >= 0.6 is 0 Å². The van der Waals surface area contributed by atoms with Gasteiger partial charge in [-0.15, -0.1) is 0 Å². The molecule has 0 atom stereocenters. The molecule has 1 rings (SSSR count). The van der Waals surface area contributed by atoms with Crippen molar-refractivity contribution < 1.29 is 9.15 Å². The van der Waals surface area contributed by atoms with Crippen LogP contribution in [0.2, 0.25) is 0 Å². The maximum atomic E-state index is 5.69. The van der Waals surface area contributed by atoms with Crippen molar-refractivity contribution in [2.45, 2.75) is 39.4 Å². The van der Waals surface area contributed by atoms with Crippen molar-refractivity contribution in [3.63, 3.8) is 0 Å². The van der Waals surface area contributed by atoms with Crippen molar-refractivity contribution in [3.05, 3.63) is 24.2 Å². The minimum atomic E-state index is -0.322. The maximum absolute atomic E-state index is 5.69. The van der Waals surface area contributed by atoms with Gasteiger partial charge in [-0.2, -0.15) is 0 Å². The lowest BCUT2D eigenvalue weighted by atomic mass is 10.1. The Balaban J connectivity index is 2.72. The predicted molar refractivity (Wildman–Crippen MR) is 48.0 cm³/mol. The van der Waals surface area contributed by atoms with E-state index in [9.17, 15) is 0 Å². The number of hydrogen-bond donors (Lipinski definition) is 0. The van der Waals surface area contributed by atoms with Crippen LogP contribution in [-0.2, 0) is 10.3 Å². The molecule has 1 aromatic rings. The third-order valence-corrected chi connectivity index (χ3v) is 1.64. The molecule has 0 N–H and O–H groups in total. The quantitative estimate of drug-likeness (QED) is 0.692. The van der Waals surface area contributed by atoms with E-state index in [0.29, 0.717) is 0 Å². The van der Waals surface area contributed by atoms with Crippen molar-refractivity contribution in [1.82, 2.24) is 0 Å². The van der Waals surface area contributed by atoms with Crippen LogP contribution < -0.4 is 0 Å². The molecule has 0 unspecified atom stereocenters. The maximum Gasteiger partial charge on any atom is 0.135 e. The summed E-state index contributed by atoms with van der Waals surface area (Å²) in [6.45, 7) is 8.05. The first-order chi connectivity index (χ1) is 5.52. The standard InChI is InChI=1S/C10H16O2/c1-8(2)12-10(3,4)9-6-5-7-11-9/h5-8H,1-4H3. The Bertz CT molecular complexity index is 222. The molecule has 0 spiro atoms. The second kappa shape index (κ2) is 3.31. The second-order valence-electron chi connectivity index (χ2n) is 3.65.